The highest BCUT2D eigenvalue weighted by atomic mass is 16.4. The second-order valence-corrected chi connectivity index (χ2v) is 2.92. The largest absolute Gasteiger partial charge is 0.478 e. The molecule has 1 fully saturated rings. The van der Waals surface area contributed by atoms with Crippen molar-refractivity contribution in [1.29, 1.82) is 0 Å². The van der Waals surface area contributed by atoms with Crippen LogP contribution >= 0.6 is 0 Å². The van der Waals surface area contributed by atoms with Crippen LogP contribution in [-0.4, -0.2) is 16.1 Å². The molecular formula is C8H9NO2. The number of aromatic nitrogens is 1. The van der Waals surface area contributed by atoms with Crippen molar-refractivity contribution in [3.05, 3.63) is 23.5 Å². The first-order valence-electron chi connectivity index (χ1n) is 3.69. The monoisotopic (exact) mass is 151 g/mol. The number of aromatic carboxylic acids is 1. The fourth-order valence-electron chi connectivity index (χ4n) is 1.17. The van der Waals surface area contributed by atoms with Crippen molar-refractivity contribution < 1.29 is 9.90 Å². The van der Waals surface area contributed by atoms with Crippen LogP contribution in [0.4, 0.5) is 0 Å². The van der Waals surface area contributed by atoms with Gasteiger partial charge in [0.25, 0.3) is 0 Å². The highest BCUT2D eigenvalue weighted by Gasteiger charge is 2.25. The van der Waals surface area contributed by atoms with Crippen LogP contribution in [-0.2, 0) is 0 Å². The third-order valence-corrected chi connectivity index (χ3v) is 1.97. The zero-order valence-electron chi connectivity index (χ0n) is 6.00. The quantitative estimate of drug-likeness (QED) is 0.674. The summed E-state index contributed by atoms with van der Waals surface area (Å²) in [7, 11) is 0. The van der Waals surface area contributed by atoms with E-state index in [0.717, 1.165) is 5.69 Å². The summed E-state index contributed by atoms with van der Waals surface area (Å²) < 4.78 is 0. The number of aromatic amines is 1. The second-order valence-electron chi connectivity index (χ2n) is 2.92. The fourth-order valence-corrected chi connectivity index (χ4v) is 1.17. The van der Waals surface area contributed by atoms with Gasteiger partial charge in [0.15, 0.2) is 0 Å². The lowest BCUT2D eigenvalue weighted by atomic mass is 10.2. The van der Waals surface area contributed by atoms with Crippen molar-refractivity contribution in [2.24, 2.45) is 0 Å². The van der Waals surface area contributed by atoms with E-state index in [1.165, 1.54) is 12.8 Å². The summed E-state index contributed by atoms with van der Waals surface area (Å²) in [5.74, 6) is -0.253. The van der Waals surface area contributed by atoms with Crippen LogP contribution in [0.15, 0.2) is 12.3 Å². The molecule has 1 aromatic rings. The Kier molecular flexibility index (Phi) is 1.24. The van der Waals surface area contributed by atoms with Crippen LogP contribution in [0.1, 0.15) is 34.8 Å². The predicted octanol–water partition coefficient (Wildman–Crippen LogP) is 1.59. The van der Waals surface area contributed by atoms with E-state index in [1.54, 1.807) is 12.3 Å². The molecule has 1 aliphatic carbocycles. The minimum absolute atomic E-state index is 0.368. The molecule has 0 radical (unpaired) electrons. The maximum atomic E-state index is 10.4. The summed E-state index contributed by atoms with van der Waals surface area (Å²) in [5, 5.41) is 8.58. The zero-order chi connectivity index (χ0) is 7.84. The van der Waals surface area contributed by atoms with Gasteiger partial charge in [0.2, 0.25) is 0 Å². The Morgan fingerprint density at radius 1 is 1.64 bits per heavy atom. The van der Waals surface area contributed by atoms with E-state index in [-0.39, 0.29) is 0 Å². The lowest BCUT2D eigenvalue weighted by molar-refractivity contribution is 0.0697. The van der Waals surface area contributed by atoms with Gasteiger partial charge in [-0.25, -0.2) is 4.79 Å². The van der Waals surface area contributed by atoms with E-state index < -0.39 is 5.97 Å². The summed E-state index contributed by atoms with van der Waals surface area (Å²) in [6.07, 6.45) is 3.94. The van der Waals surface area contributed by atoms with Gasteiger partial charge in [-0.05, 0) is 24.8 Å². The molecule has 0 amide bonds. The van der Waals surface area contributed by atoms with Crippen LogP contribution in [0.2, 0.25) is 0 Å². The second kappa shape index (κ2) is 2.12. The smallest absolute Gasteiger partial charge is 0.337 e. The molecule has 1 aliphatic rings. The Morgan fingerprint density at radius 3 is 2.82 bits per heavy atom. The van der Waals surface area contributed by atoms with Gasteiger partial charge >= 0.3 is 5.97 Å². The number of carbonyl (C=O) groups is 1. The summed E-state index contributed by atoms with van der Waals surface area (Å²) in [4.78, 5) is 13.4. The van der Waals surface area contributed by atoms with Crippen molar-refractivity contribution in [2.45, 2.75) is 18.8 Å². The number of hydrogen-bond acceptors (Lipinski definition) is 1. The topological polar surface area (TPSA) is 53.1 Å². The van der Waals surface area contributed by atoms with Gasteiger partial charge in [-0.15, -0.1) is 0 Å². The first-order valence-corrected chi connectivity index (χ1v) is 3.69. The fraction of sp³-hybridized carbons (Fsp3) is 0.375. The van der Waals surface area contributed by atoms with Crippen molar-refractivity contribution in [3.63, 3.8) is 0 Å². The van der Waals surface area contributed by atoms with Crippen molar-refractivity contribution in [2.75, 3.05) is 0 Å². The highest BCUT2D eigenvalue weighted by molar-refractivity contribution is 5.87. The number of H-pyrrole nitrogens is 1. The average Bonchev–Trinajstić information content (AvgIpc) is 2.68. The van der Waals surface area contributed by atoms with Gasteiger partial charge < -0.3 is 10.1 Å². The SMILES string of the molecule is O=C(O)c1c[nH]c(C2CC2)c1. The van der Waals surface area contributed by atoms with E-state index in [2.05, 4.69) is 4.98 Å². The Morgan fingerprint density at radius 2 is 2.36 bits per heavy atom. The first-order chi connectivity index (χ1) is 5.27. The van der Waals surface area contributed by atoms with Crippen LogP contribution < -0.4 is 0 Å². The van der Waals surface area contributed by atoms with Crippen LogP contribution in [0, 0.1) is 0 Å². The van der Waals surface area contributed by atoms with Gasteiger partial charge in [0, 0.05) is 11.9 Å². The molecule has 11 heavy (non-hydrogen) atoms. The average molecular weight is 151 g/mol. The number of carboxylic acids is 1. The molecule has 0 unspecified atom stereocenters. The summed E-state index contributed by atoms with van der Waals surface area (Å²) in [6.45, 7) is 0. The number of nitrogens with one attached hydrogen (secondary N) is 1. The molecule has 0 aromatic carbocycles. The molecule has 3 heteroatoms. The lowest BCUT2D eigenvalue weighted by Gasteiger charge is -1.86. The predicted molar refractivity (Wildman–Crippen MR) is 39.7 cm³/mol. The van der Waals surface area contributed by atoms with Gasteiger partial charge in [-0.2, -0.15) is 0 Å². The van der Waals surface area contributed by atoms with Gasteiger partial charge in [-0.1, -0.05) is 0 Å². The van der Waals surface area contributed by atoms with Gasteiger partial charge in [-0.3, -0.25) is 0 Å². The van der Waals surface area contributed by atoms with Crippen LogP contribution in [0.3, 0.4) is 0 Å². The Labute approximate surface area is 64.1 Å². The van der Waals surface area contributed by atoms with E-state index in [1.807, 2.05) is 0 Å². The van der Waals surface area contributed by atoms with Crippen molar-refractivity contribution in [3.8, 4) is 0 Å². The third-order valence-electron chi connectivity index (χ3n) is 1.97. The summed E-state index contributed by atoms with van der Waals surface area (Å²) in [5.41, 5.74) is 1.44. The standard InChI is InChI=1S/C8H9NO2/c10-8(11)6-3-7(9-4-6)5-1-2-5/h3-5,9H,1-2H2,(H,10,11). The van der Waals surface area contributed by atoms with E-state index in [4.69, 9.17) is 5.11 Å². The van der Waals surface area contributed by atoms with Gasteiger partial charge in [0.05, 0.1) is 5.56 Å². The Balaban J connectivity index is 2.25. The molecule has 1 saturated carbocycles. The molecular weight excluding hydrogens is 142 g/mol. The summed E-state index contributed by atoms with van der Waals surface area (Å²) in [6, 6.07) is 1.72. The van der Waals surface area contributed by atoms with Gasteiger partial charge in [0.1, 0.15) is 0 Å². The maximum absolute atomic E-state index is 10.4. The molecule has 3 nitrogen and oxygen atoms in total. The zero-order valence-corrected chi connectivity index (χ0v) is 6.00. The molecule has 2 rings (SSSR count). The number of carboxylic acid groups (broad SMARTS) is 1. The normalized spacial score (nSPS) is 16.7. The molecule has 0 aliphatic heterocycles. The number of hydrogen-bond donors (Lipinski definition) is 2. The van der Waals surface area contributed by atoms with Crippen molar-refractivity contribution >= 4 is 5.97 Å². The van der Waals surface area contributed by atoms with E-state index in [0.29, 0.717) is 11.5 Å². The molecule has 0 atom stereocenters. The highest BCUT2D eigenvalue weighted by Crippen LogP contribution is 2.39. The first kappa shape index (κ1) is 6.46. The molecule has 0 saturated heterocycles. The molecule has 0 spiro atoms. The molecule has 1 heterocycles. The molecule has 1 aromatic heterocycles. The Hall–Kier alpha value is -1.25. The number of rotatable bonds is 2. The van der Waals surface area contributed by atoms with E-state index >= 15 is 0 Å². The van der Waals surface area contributed by atoms with E-state index in [9.17, 15) is 4.79 Å². The summed E-state index contributed by atoms with van der Waals surface area (Å²) >= 11 is 0. The minimum atomic E-state index is -0.854. The molecule has 58 valence electrons. The molecule has 0 bridgehead atoms. The Bertz CT molecular complexity index is 286. The van der Waals surface area contributed by atoms with Crippen molar-refractivity contribution in [1.82, 2.24) is 4.98 Å². The lowest BCUT2D eigenvalue weighted by Crippen LogP contribution is -1.91. The van der Waals surface area contributed by atoms with Crippen LogP contribution in [0.5, 0.6) is 0 Å². The van der Waals surface area contributed by atoms with Crippen LogP contribution in [0.25, 0.3) is 0 Å². The maximum Gasteiger partial charge on any atom is 0.337 e. The molecule has 2 N–H and O–H groups in total. The minimum Gasteiger partial charge on any atom is -0.478 e. The third kappa shape index (κ3) is 1.13.